The Morgan fingerprint density at radius 1 is 1.35 bits per heavy atom. The van der Waals surface area contributed by atoms with E-state index in [4.69, 9.17) is 0 Å². The fraction of sp³-hybridized carbons (Fsp3) is 0.571. The van der Waals surface area contributed by atoms with E-state index in [1.807, 2.05) is 13.1 Å². The van der Waals surface area contributed by atoms with Gasteiger partial charge < -0.3 is 10.6 Å². The van der Waals surface area contributed by atoms with Gasteiger partial charge in [-0.25, -0.2) is 4.39 Å². The van der Waals surface area contributed by atoms with Crippen LogP contribution in [0.4, 0.5) is 4.39 Å². The Morgan fingerprint density at radius 2 is 2.12 bits per heavy atom. The number of hydrogen-bond donors (Lipinski definition) is 2. The standard InChI is InChI=1S/C14H19FN2/c1-16-13-9-14(4-6-17-7-5-14)12-8-10(15)2-3-11(12)13/h2-3,8,13,16-17H,4-7,9H2,1H3/t13-/m0/s1. The maximum Gasteiger partial charge on any atom is 0.123 e. The summed E-state index contributed by atoms with van der Waals surface area (Å²) < 4.78 is 13.5. The summed E-state index contributed by atoms with van der Waals surface area (Å²) in [5, 5.41) is 6.77. The topological polar surface area (TPSA) is 24.1 Å². The zero-order valence-corrected chi connectivity index (χ0v) is 10.2. The fourth-order valence-corrected chi connectivity index (χ4v) is 3.54. The second kappa shape index (κ2) is 4.07. The lowest BCUT2D eigenvalue weighted by Crippen LogP contribution is -2.38. The molecule has 1 aliphatic carbocycles. The first-order valence-corrected chi connectivity index (χ1v) is 6.43. The van der Waals surface area contributed by atoms with Gasteiger partial charge in [-0.1, -0.05) is 6.07 Å². The van der Waals surface area contributed by atoms with Gasteiger partial charge in [-0.2, -0.15) is 0 Å². The molecule has 1 spiro atoms. The molecule has 2 N–H and O–H groups in total. The van der Waals surface area contributed by atoms with Crippen LogP contribution in [-0.2, 0) is 5.41 Å². The van der Waals surface area contributed by atoms with Crippen LogP contribution in [0, 0.1) is 5.82 Å². The first-order chi connectivity index (χ1) is 8.25. The second-order valence-electron chi connectivity index (χ2n) is 5.31. The molecule has 1 aliphatic heterocycles. The number of halogens is 1. The molecule has 0 saturated carbocycles. The average Bonchev–Trinajstić information content (AvgIpc) is 2.64. The molecule has 1 saturated heterocycles. The minimum absolute atomic E-state index is 0.0987. The molecule has 0 unspecified atom stereocenters. The molecule has 0 amide bonds. The van der Waals surface area contributed by atoms with E-state index in [2.05, 4.69) is 10.6 Å². The lowest BCUT2D eigenvalue weighted by Gasteiger charge is -2.35. The van der Waals surface area contributed by atoms with E-state index in [-0.39, 0.29) is 11.2 Å². The maximum atomic E-state index is 13.5. The monoisotopic (exact) mass is 234 g/mol. The van der Waals surface area contributed by atoms with Crippen molar-refractivity contribution in [2.45, 2.75) is 30.7 Å². The Morgan fingerprint density at radius 3 is 2.82 bits per heavy atom. The first kappa shape index (κ1) is 11.2. The SMILES string of the molecule is CN[C@H]1CC2(CCNCC2)c2cc(F)ccc21. The van der Waals surface area contributed by atoms with Gasteiger partial charge in [0.25, 0.3) is 0 Å². The molecule has 3 rings (SSSR count). The fourth-order valence-electron chi connectivity index (χ4n) is 3.54. The summed E-state index contributed by atoms with van der Waals surface area (Å²) in [5.74, 6) is -0.0987. The van der Waals surface area contributed by atoms with Gasteiger partial charge in [0.15, 0.2) is 0 Å². The van der Waals surface area contributed by atoms with E-state index in [9.17, 15) is 4.39 Å². The number of nitrogens with one attached hydrogen (secondary N) is 2. The second-order valence-corrected chi connectivity index (χ2v) is 5.31. The van der Waals surface area contributed by atoms with Gasteiger partial charge in [-0.3, -0.25) is 0 Å². The molecule has 0 aromatic heterocycles. The Kier molecular flexibility index (Phi) is 2.68. The minimum Gasteiger partial charge on any atom is -0.317 e. The number of fused-ring (bicyclic) bond motifs is 2. The van der Waals surface area contributed by atoms with Gasteiger partial charge in [-0.15, -0.1) is 0 Å². The number of rotatable bonds is 1. The molecule has 92 valence electrons. The number of piperidine rings is 1. The smallest absolute Gasteiger partial charge is 0.123 e. The normalized spacial score (nSPS) is 26.1. The Hall–Kier alpha value is -0.930. The van der Waals surface area contributed by atoms with Crippen LogP contribution in [0.5, 0.6) is 0 Å². The van der Waals surface area contributed by atoms with Crippen molar-refractivity contribution in [2.24, 2.45) is 0 Å². The van der Waals surface area contributed by atoms with Gasteiger partial charge >= 0.3 is 0 Å². The van der Waals surface area contributed by atoms with Crippen molar-refractivity contribution in [1.82, 2.24) is 10.6 Å². The van der Waals surface area contributed by atoms with E-state index in [0.29, 0.717) is 6.04 Å². The van der Waals surface area contributed by atoms with E-state index >= 15 is 0 Å². The van der Waals surface area contributed by atoms with Crippen LogP contribution in [0.1, 0.15) is 36.4 Å². The van der Waals surface area contributed by atoms with E-state index in [1.165, 1.54) is 11.1 Å². The molecule has 1 heterocycles. The zero-order valence-electron chi connectivity index (χ0n) is 10.2. The third-order valence-corrected chi connectivity index (χ3v) is 4.47. The molecule has 0 radical (unpaired) electrons. The largest absolute Gasteiger partial charge is 0.317 e. The van der Waals surface area contributed by atoms with Gasteiger partial charge in [-0.05, 0) is 68.1 Å². The summed E-state index contributed by atoms with van der Waals surface area (Å²) in [4.78, 5) is 0. The van der Waals surface area contributed by atoms with Crippen LogP contribution in [0.2, 0.25) is 0 Å². The molecule has 3 heteroatoms. The Labute approximate surface area is 102 Å². The van der Waals surface area contributed by atoms with E-state index in [1.54, 1.807) is 12.1 Å². The molecule has 1 fully saturated rings. The van der Waals surface area contributed by atoms with Crippen molar-refractivity contribution in [3.05, 3.63) is 35.1 Å². The first-order valence-electron chi connectivity index (χ1n) is 6.43. The zero-order chi connectivity index (χ0) is 11.9. The van der Waals surface area contributed by atoms with Crippen LogP contribution in [-0.4, -0.2) is 20.1 Å². The highest BCUT2D eigenvalue weighted by atomic mass is 19.1. The highest BCUT2D eigenvalue weighted by Gasteiger charge is 2.43. The Bertz CT molecular complexity index is 424. The molecular formula is C14H19FN2. The maximum absolute atomic E-state index is 13.5. The van der Waals surface area contributed by atoms with Crippen molar-refractivity contribution in [1.29, 1.82) is 0 Å². The molecule has 1 aromatic carbocycles. The quantitative estimate of drug-likeness (QED) is 0.777. The van der Waals surface area contributed by atoms with Crippen LogP contribution < -0.4 is 10.6 Å². The molecule has 1 aromatic rings. The summed E-state index contributed by atoms with van der Waals surface area (Å²) in [6.07, 6.45) is 3.37. The molecule has 1 atom stereocenters. The van der Waals surface area contributed by atoms with Crippen molar-refractivity contribution < 1.29 is 4.39 Å². The number of benzene rings is 1. The lowest BCUT2D eigenvalue weighted by molar-refractivity contribution is 0.286. The highest BCUT2D eigenvalue weighted by molar-refractivity contribution is 5.43. The van der Waals surface area contributed by atoms with Gasteiger partial charge in [0, 0.05) is 6.04 Å². The van der Waals surface area contributed by atoms with Crippen molar-refractivity contribution in [2.75, 3.05) is 20.1 Å². The van der Waals surface area contributed by atoms with Crippen LogP contribution >= 0.6 is 0 Å². The summed E-state index contributed by atoms with van der Waals surface area (Å²) in [5.41, 5.74) is 2.75. The molecule has 2 aliphatic rings. The van der Waals surface area contributed by atoms with E-state index in [0.717, 1.165) is 32.4 Å². The third kappa shape index (κ3) is 1.69. The predicted molar refractivity (Wildman–Crippen MR) is 66.6 cm³/mol. The summed E-state index contributed by atoms with van der Waals surface area (Å²) in [6.45, 7) is 2.10. The molecule has 2 nitrogen and oxygen atoms in total. The predicted octanol–water partition coefficient (Wildman–Crippen LogP) is 2.11. The highest BCUT2D eigenvalue weighted by Crippen LogP contribution is 2.49. The lowest BCUT2D eigenvalue weighted by atomic mass is 9.74. The summed E-state index contributed by atoms with van der Waals surface area (Å²) in [7, 11) is 2.00. The minimum atomic E-state index is -0.0987. The van der Waals surface area contributed by atoms with Crippen LogP contribution in [0.25, 0.3) is 0 Å². The van der Waals surface area contributed by atoms with Crippen molar-refractivity contribution in [3.8, 4) is 0 Å². The van der Waals surface area contributed by atoms with Gasteiger partial charge in [0.2, 0.25) is 0 Å². The summed E-state index contributed by atoms with van der Waals surface area (Å²) >= 11 is 0. The van der Waals surface area contributed by atoms with Gasteiger partial charge in [0.05, 0.1) is 0 Å². The summed E-state index contributed by atoms with van der Waals surface area (Å²) in [6, 6.07) is 5.70. The Balaban J connectivity index is 2.07. The van der Waals surface area contributed by atoms with Crippen molar-refractivity contribution in [3.63, 3.8) is 0 Å². The third-order valence-electron chi connectivity index (χ3n) is 4.47. The van der Waals surface area contributed by atoms with Crippen LogP contribution in [0.3, 0.4) is 0 Å². The van der Waals surface area contributed by atoms with Crippen LogP contribution in [0.15, 0.2) is 18.2 Å². The van der Waals surface area contributed by atoms with E-state index < -0.39 is 0 Å². The van der Waals surface area contributed by atoms with Gasteiger partial charge in [0.1, 0.15) is 5.82 Å². The molecular weight excluding hydrogens is 215 g/mol. The molecule has 17 heavy (non-hydrogen) atoms. The average molecular weight is 234 g/mol. The molecule has 0 bridgehead atoms. The number of hydrogen-bond acceptors (Lipinski definition) is 2. The van der Waals surface area contributed by atoms with Crippen molar-refractivity contribution >= 4 is 0 Å².